The van der Waals surface area contributed by atoms with Crippen molar-refractivity contribution in [2.45, 2.75) is 20.8 Å². The zero-order valence-electron chi connectivity index (χ0n) is 11.2. The average Bonchev–Trinajstić information content (AvgIpc) is 2.34. The molecular weight excluding hydrogens is 302 g/mol. The number of nitrogens with zero attached hydrogens (tertiary/aromatic N) is 1. The highest BCUT2D eigenvalue weighted by atomic mass is 79.9. The van der Waals surface area contributed by atoms with Crippen LogP contribution in [-0.2, 0) is 0 Å². The number of aliphatic imine (C=N–C) groups is 1. The van der Waals surface area contributed by atoms with Gasteiger partial charge < -0.3 is 5.11 Å². The van der Waals surface area contributed by atoms with Crippen molar-refractivity contribution in [3.63, 3.8) is 0 Å². The molecule has 0 fully saturated rings. The molecule has 0 aliphatic heterocycles. The standard InChI is InChI=1S/C16H16BrNO/c1-10-4-5-15(14(17)6-10)18-9-13-7-11(2)16(19)12(3)8-13/h4-9,19H,1-3H3. The van der Waals surface area contributed by atoms with E-state index in [0.29, 0.717) is 5.75 Å². The van der Waals surface area contributed by atoms with Gasteiger partial charge in [0, 0.05) is 10.7 Å². The lowest BCUT2D eigenvalue weighted by molar-refractivity contribution is 0.467. The molecule has 0 aliphatic carbocycles. The van der Waals surface area contributed by atoms with Gasteiger partial charge in [-0.05, 0) is 83.2 Å². The van der Waals surface area contributed by atoms with E-state index in [-0.39, 0.29) is 0 Å². The lowest BCUT2D eigenvalue weighted by Crippen LogP contribution is -1.87. The fourth-order valence-corrected chi connectivity index (χ4v) is 2.52. The van der Waals surface area contributed by atoms with Crippen molar-refractivity contribution in [2.24, 2.45) is 4.99 Å². The van der Waals surface area contributed by atoms with Crippen molar-refractivity contribution in [2.75, 3.05) is 0 Å². The fourth-order valence-electron chi connectivity index (χ4n) is 1.92. The van der Waals surface area contributed by atoms with Crippen LogP contribution in [0.3, 0.4) is 0 Å². The van der Waals surface area contributed by atoms with Gasteiger partial charge in [0.25, 0.3) is 0 Å². The summed E-state index contributed by atoms with van der Waals surface area (Å²) in [5.41, 5.74) is 4.81. The Hall–Kier alpha value is -1.61. The van der Waals surface area contributed by atoms with Crippen LogP contribution in [0.15, 0.2) is 39.8 Å². The first-order valence-electron chi connectivity index (χ1n) is 6.08. The van der Waals surface area contributed by atoms with Crippen LogP contribution in [0, 0.1) is 20.8 Å². The molecule has 0 saturated heterocycles. The van der Waals surface area contributed by atoms with Gasteiger partial charge in [-0.15, -0.1) is 0 Å². The Morgan fingerprint density at radius 3 is 2.26 bits per heavy atom. The summed E-state index contributed by atoms with van der Waals surface area (Å²) in [7, 11) is 0. The molecule has 0 unspecified atom stereocenters. The van der Waals surface area contributed by atoms with Gasteiger partial charge in [-0.2, -0.15) is 0 Å². The molecule has 0 aliphatic rings. The van der Waals surface area contributed by atoms with Gasteiger partial charge in [0.15, 0.2) is 0 Å². The van der Waals surface area contributed by atoms with Gasteiger partial charge in [0.05, 0.1) is 5.69 Å². The number of aromatic hydroxyl groups is 1. The fraction of sp³-hybridized carbons (Fsp3) is 0.188. The highest BCUT2D eigenvalue weighted by molar-refractivity contribution is 9.10. The number of hydrogen-bond donors (Lipinski definition) is 1. The van der Waals surface area contributed by atoms with Gasteiger partial charge in [0.2, 0.25) is 0 Å². The van der Waals surface area contributed by atoms with Crippen LogP contribution in [0.1, 0.15) is 22.3 Å². The SMILES string of the molecule is Cc1ccc(N=Cc2cc(C)c(O)c(C)c2)c(Br)c1. The molecule has 0 heterocycles. The van der Waals surface area contributed by atoms with Gasteiger partial charge >= 0.3 is 0 Å². The van der Waals surface area contributed by atoms with E-state index >= 15 is 0 Å². The first kappa shape index (κ1) is 13.8. The number of phenols is 1. The Labute approximate surface area is 122 Å². The van der Waals surface area contributed by atoms with Crippen molar-refractivity contribution in [1.29, 1.82) is 0 Å². The van der Waals surface area contributed by atoms with Crippen LogP contribution in [0.5, 0.6) is 5.75 Å². The van der Waals surface area contributed by atoms with E-state index < -0.39 is 0 Å². The predicted octanol–water partition coefficient (Wildman–Crippen LogP) is 4.83. The molecule has 0 amide bonds. The highest BCUT2D eigenvalue weighted by Crippen LogP contribution is 2.27. The first-order valence-corrected chi connectivity index (χ1v) is 6.87. The molecule has 19 heavy (non-hydrogen) atoms. The summed E-state index contributed by atoms with van der Waals surface area (Å²) >= 11 is 3.51. The summed E-state index contributed by atoms with van der Waals surface area (Å²) in [4.78, 5) is 4.48. The van der Waals surface area contributed by atoms with E-state index in [1.807, 2.05) is 57.3 Å². The number of rotatable bonds is 2. The number of benzene rings is 2. The Balaban J connectivity index is 2.32. The van der Waals surface area contributed by atoms with Crippen LogP contribution in [0.4, 0.5) is 5.69 Å². The highest BCUT2D eigenvalue weighted by Gasteiger charge is 2.02. The lowest BCUT2D eigenvalue weighted by atomic mass is 10.1. The van der Waals surface area contributed by atoms with Gasteiger partial charge in [-0.25, -0.2) is 0 Å². The molecule has 2 aromatic rings. The minimum atomic E-state index is 0.355. The lowest BCUT2D eigenvalue weighted by Gasteiger charge is -2.05. The topological polar surface area (TPSA) is 32.6 Å². The van der Waals surface area contributed by atoms with Crippen LogP contribution in [-0.4, -0.2) is 11.3 Å². The van der Waals surface area contributed by atoms with Crippen molar-refractivity contribution >= 4 is 27.8 Å². The van der Waals surface area contributed by atoms with Gasteiger partial charge in [-0.1, -0.05) is 6.07 Å². The predicted molar refractivity (Wildman–Crippen MR) is 83.7 cm³/mol. The minimum absolute atomic E-state index is 0.355. The molecule has 0 radical (unpaired) electrons. The van der Waals surface area contributed by atoms with Crippen LogP contribution in [0.2, 0.25) is 0 Å². The van der Waals surface area contributed by atoms with E-state index in [9.17, 15) is 5.11 Å². The van der Waals surface area contributed by atoms with Gasteiger partial charge in [-0.3, -0.25) is 4.99 Å². The molecule has 0 bridgehead atoms. The summed E-state index contributed by atoms with van der Waals surface area (Å²) in [6.07, 6.45) is 1.81. The second kappa shape index (κ2) is 5.57. The number of halogens is 1. The van der Waals surface area contributed by atoms with Crippen molar-refractivity contribution in [3.8, 4) is 5.75 Å². The van der Waals surface area contributed by atoms with Crippen molar-refractivity contribution in [3.05, 3.63) is 57.1 Å². The smallest absolute Gasteiger partial charge is 0.121 e. The Bertz CT molecular complexity index is 624. The van der Waals surface area contributed by atoms with E-state index in [2.05, 4.69) is 20.9 Å². The Morgan fingerprint density at radius 2 is 1.68 bits per heavy atom. The molecule has 2 rings (SSSR count). The van der Waals surface area contributed by atoms with Gasteiger partial charge in [0.1, 0.15) is 5.75 Å². The molecule has 0 saturated carbocycles. The summed E-state index contributed by atoms with van der Waals surface area (Å²) in [6.45, 7) is 5.83. The van der Waals surface area contributed by atoms with Crippen molar-refractivity contribution < 1.29 is 5.11 Å². The first-order chi connectivity index (χ1) is 8.97. The number of hydrogen-bond acceptors (Lipinski definition) is 2. The molecule has 2 nitrogen and oxygen atoms in total. The molecule has 1 N–H and O–H groups in total. The number of aryl methyl sites for hydroxylation is 3. The molecule has 0 atom stereocenters. The van der Waals surface area contributed by atoms with E-state index in [4.69, 9.17) is 0 Å². The summed E-state index contributed by atoms with van der Waals surface area (Å²) < 4.78 is 0.982. The second-order valence-electron chi connectivity index (χ2n) is 4.72. The summed E-state index contributed by atoms with van der Waals surface area (Å²) in [5.74, 6) is 0.355. The zero-order chi connectivity index (χ0) is 14.0. The maximum atomic E-state index is 9.74. The molecule has 98 valence electrons. The minimum Gasteiger partial charge on any atom is -0.507 e. The van der Waals surface area contributed by atoms with Crippen LogP contribution < -0.4 is 0 Å². The summed E-state index contributed by atoms with van der Waals surface area (Å²) in [5, 5.41) is 9.74. The molecular formula is C16H16BrNO. The third-order valence-electron chi connectivity index (χ3n) is 2.97. The normalized spacial score (nSPS) is 11.2. The van der Waals surface area contributed by atoms with Crippen LogP contribution in [0.25, 0.3) is 0 Å². The van der Waals surface area contributed by atoms with E-state index in [1.165, 1.54) is 5.56 Å². The van der Waals surface area contributed by atoms with E-state index in [0.717, 1.165) is 26.9 Å². The summed E-state index contributed by atoms with van der Waals surface area (Å²) in [6, 6.07) is 9.91. The largest absolute Gasteiger partial charge is 0.507 e. The van der Waals surface area contributed by atoms with Crippen molar-refractivity contribution in [1.82, 2.24) is 0 Å². The molecule has 3 heteroatoms. The average molecular weight is 318 g/mol. The molecule has 0 aromatic heterocycles. The molecule has 2 aromatic carbocycles. The molecule has 0 spiro atoms. The van der Waals surface area contributed by atoms with Crippen LogP contribution >= 0.6 is 15.9 Å². The Kier molecular flexibility index (Phi) is 4.05. The Morgan fingerprint density at radius 1 is 1.05 bits per heavy atom. The maximum absolute atomic E-state index is 9.74. The van der Waals surface area contributed by atoms with E-state index in [1.54, 1.807) is 0 Å². The third kappa shape index (κ3) is 3.24. The quantitative estimate of drug-likeness (QED) is 0.790. The number of phenolic OH excluding ortho intramolecular Hbond substituents is 1. The monoisotopic (exact) mass is 317 g/mol. The maximum Gasteiger partial charge on any atom is 0.121 e. The zero-order valence-corrected chi connectivity index (χ0v) is 12.8. The third-order valence-corrected chi connectivity index (χ3v) is 3.60. The second-order valence-corrected chi connectivity index (χ2v) is 5.57.